The topological polar surface area (TPSA) is 55.7 Å². The van der Waals surface area contributed by atoms with Crippen LogP contribution >= 0.6 is 0 Å². The fourth-order valence-corrected chi connectivity index (χ4v) is 2.34. The lowest BCUT2D eigenvalue weighted by molar-refractivity contribution is 0.103. The van der Waals surface area contributed by atoms with Gasteiger partial charge in [-0.3, -0.25) is 9.78 Å². The van der Waals surface area contributed by atoms with E-state index in [2.05, 4.69) is 15.0 Å². The number of carbonyl (C=O) groups excluding carboxylic acids is 1. The molecule has 0 radical (unpaired) electrons. The van der Waals surface area contributed by atoms with Crippen molar-refractivity contribution in [2.45, 2.75) is 19.8 Å². The summed E-state index contributed by atoms with van der Waals surface area (Å²) in [5, 5.41) is 0. The number of aromatic nitrogens is 3. The Hall–Kier alpha value is -2.88. The van der Waals surface area contributed by atoms with Gasteiger partial charge >= 0.3 is 0 Å². The molecular formula is C19H17N3O. The molecule has 4 heteroatoms. The van der Waals surface area contributed by atoms with E-state index < -0.39 is 0 Å². The number of pyridine rings is 1. The Bertz CT molecular complexity index is 798. The first kappa shape index (κ1) is 15.0. The molecule has 0 N–H and O–H groups in total. The van der Waals surface area contributed by atoms with Crippen LogP contribution in [0.25, 0.3) is 0 Å². The zero-order valence-corrected chi connectivity index (χ0v) is 12.9. The van der Waals surface area contributed by atoms with Crippen LogP contribution in [0, 0.1) is 6.92 Å². The van der Waals surface area contributed by atoms with Crippen molar-refractivity contribution in [3.05, 3.63) is 89.3 Å². The van der Waals surface area contributed by atoms with Crippen LogP contribution in [0.15, 0.2) is 61.1 Å². The van der Waals surface area contributed by atoms with Crippen LogP contribution < -0.4 is 0 Å². The monoisotopic (exact) mass is 303 g/mol. The predicted molar refractivity (Wildman–Crippen MR) is 88.3 cm³/mol. The number of carbonyl (C=O) groups is 1. The zero-order valence-electron chi connectivity index (χ0n) is 12.9. The molecule has 0 amide bonds. The van der Waals surface area contributed by atoms with Crippen LogP contribution in [-0.2, 0) is 12.8 Å². The standard InChI is InChI=1S/C19H17N3O/c1-14-5-4-6-15(11-14)19(23)16-12-21-18(22-13-16)9-8-17-7-2-3-10-20-17/h2-7,10-13H,8-9H2,1H3. The number of hydrogen-bond donors (Lipinski definition) is 0. The average molecular weight is 303 g/mol. The highest BCUT2D eigenvalue weighted by Gasteiger charge is 2.10. The lowest BCUT2D eigenvalue weighted by Crippen LogP contribution is -2.06. The third kappa shape index (κ3) is 3.86. The van der Waals surface area contributed by atoms with Gasteiger partial charge in [0.1, 0.15) is 5.82 Å². The highest BCUT2D eigenvalue weighted by molar-refractivity contribution is 6.08. The lowest BCUT2D eigenvalue weighted by atomic mass is 10.0. The quantitative estimate of drug-likeness (QED) is 0.679. The van der Waals surface area contributed by atoms with Crippen molar-refractivity contribution in [3.8, 4) is 0 Å². The molecule has 0 aliphatic heterocycles. The Morgan fingerprint density at radius 1 is 0.913 bits per heavy atom. The largest absolute Gasteiger partial charge is 0.288 e. The van der Waals surface area contributed by atoms with Crippen molar-refractivity contribution in [1.29, 1.82) is 0 Å². The maximum absolute atomic E-state index is 12.4. The van der Waals surface area contributed by atoms with Gasteiger partial charge < -0.3 is 0 Å². The van der Waals surface area contributed by atoms with Crippen molar-refractivity contribution in [2.75, 3.05) is 0 Å². The first-order valence-electron chi connectivity index (χ1n) is 7.54. The molecule has 3 aromatic rings. The van der Waals surface area contributed by atoms with Crippen LogP contribution in [0.3, 0.4) is 0 Å². The number of ketones is 1. The summed E-state index contributed by atoms with van der Waals surface area (Å²) in [6.07, 6.45) is 6.47. The van der Waals surface area contributed by atoms with E-state index in [-0.39, 0.29) is 5.78 Å². The summed E-state index contributed by atoms with van der Waals surface area (Å²) in [4.78, 5) is 25.3. The van der Waals surface area contributed by atoms with Gasteiger partial charge in [0.2, 0.25) is 0 Å². The molecule has 2 heterocycles. The van der Waals surface area contributed by atoms with Gasteiger partial charge in [-0.05, 0) is 31.5 Å². The van der Waals surface area contributed by atoms with Crippen molar-refractivity contribution in [3.63, 3.8) is 0 Å². The fraction of sp³-hybridized carbons (Fsp3) is 0.158. The summed E-state index contributed by atoms with van der Waals surface area (Å²) in [6, 6.07) is 13.4. The predicted octanol–water partition coefficient (Wildman–Crippen LogP) is 3.20. The molecule has 0 aliphatic carbocycles. The Morgan fingerprint density at radius 3 is 2.43 bits per heavy atom. The van der Waals surface area contributed by atoms with Gasteiger partial charge in [0.25, 0.3) is 0 Å². The Morgan fingerprint density at radius 2 is 1.74 bits per heavy atom. The van der Waals surface area contributed by atoms with Crippen molar-refractivity contribution in [1.82, 2.24) is 15.0 Å². The summed E-state index contributed by atoms with van der Waals surface area (Å²) in [5.74, 6) is 0.668. The number of rotatable bonds is 5. The third-order valence-electron chi connectivity index (χ3n) is 3.58. The molecule has 0 aliphatic rings. The molecule has 0 saturated carbocycles. The summed E-state index contributed by atoms with van der Waals surface area (Å²) >= 11 is 0. The molecule has 0 fully saturated rings. The molecule has 2 aromatic heterocycles. The van der Waals surface area contributed by atoms with E-state index in [4.69, 9.17) is 0 Å². The smallest absolute Gasteiger partial charge is 0.196 e. The van der Waals surface area contributed by atoms with Gasteiger partial charge in [-0.1, -0.05) is 29.8 Å². The average Bonchev–Trinajstić information content (AvgIpc) is 2.61. The second-order valence-electron chi connectivity index (χ2n) is 5.41. The van der Waals surface area contributed by atoms with Crippen molar-refractivity contribution in [2.24, 2.45) is 0 Å². The van der Waals surface area contributed by atoms with Gasteiger partial charge in [-0.15, -0.1) is 0 Å². The van der Waals surface area contributed by atoms with E-state index in [1.165, 1.54) is 0 Å². The molecular weight excluding hydrogens is 286 g/mol. The van der Waals surface area contributed by atoms with E-state index in [9.17, 15) is 4.79 Å². The molecule has 0 unspecified atom stereocenters. The zero-order chi connectivity index (χ0) is 16.1. The minimum Gasteiger partial charge on any atom is -0.288 e. The summed E-state index contributed by atoms with van der Waals surface area (Å²) in [5.41, 5.74) is 3.24. The lowest BCUT2D eigenvalue weighted by Gasteiger charge is -2.03. The Kier molecular flexibility index (Phi) is 4.52. The van der Waals surface area contributed by atoms with Crippen LogP contribution in [0.5, 0.6) is 0 Å². The van der Waals surface area contributed by atoms with Crippen molar-refractivity contribution < 1.29 is 4.79 Å². The number of aryl methyl sites for hydroxylation is 3. The maximum Gasteiger partial charge on any atom is 0.196 e. The van der Waals surface area contributed by atoms with Gasteiger partial charge in [0.05, 0.1) is 5.56 Å². The van der Waals surface area contributed by atoms with Crippen LogP contribution in [0.4, 0.5) is 0 Å². The van der Waals surface area contributed by atoms with E-state index >= 15 is 0 Å². The number of benzene rings is 1. The van der Waals surface area contributed by atoms with E-state index in [1.54, 1.807) is 18.6 Å². The van der Waals surface area contributed by atoms with E-state index in [1.807, 2.05) is 49.4 Å². The fourth-order valence-electron chi connectivity index (χ4n) is 2.34. The Labute approximate surface area is 135 Å². The number of hydrogen-bond acceptors (Lipinski definition) is 4. The van der Waals surface area contributed by atoms with Gasteiger partial charge in [-0.2, -0.15) is 0 Å². The van der Waals surface area contributed by atoms with Gasteiger partial charge in [-0.25, -0.2) is 9.97 Å². The maximum atomic E-state index is 12.4. The van der Waals surface area contributed by atoms with Crippen LogP contribution in [0.1, 0.15) is 33.0 Å². The second-order valence-corrected chi connectivity index (χ2v) is 5.41. The molecule has 1 aromatic carbocycles. The molecule has 4 nitrogen and oxygen atoms in total. The minimum atomic E-state index is -0.0509. The first-order chi connectivity index (χ1) is 11.2. The number of nitrogens with zero attached hydrogens (tertiary/aromatic N) is 3. The molecule has 0 saturated heterocycles. The van der Waals surface area contributed by atoms with Crippen LogP contribution in [-0.4, -0.2) is 20.7 Å². The molecule has 0 bridgehead atoms. The summed E-state index contributed by atoms with van der Waals surface area (Å²) in [6.45, 7) is 1.97. The molecule has 23 heavy (non-hydrogen) atoms. The van der Waals surface area contributed by atoms with Crippen LogP contribution in [0.2, 0.25) is 0 Å². The molecule has 114 valence electrons. The van der Waals surface area contributed by atoms with Gasteiger partial charge in [0, 0.05) is 36.3 Å². The highest BCUT2D eigenvalue weighted by Crippen LogP contribution is 2.10. The minimum absolute atomic E-state index is 0.0509. The molecule has 3 rings (SSSR count). The van der Waals surface area contributed by atoms with Gasteiger partial charge in [0.15, 0.2) is 5.78 Å². The van der Waals surface area contributed by atoms with Crippen molar-refractivity contribution >= 4 is 5.78 Å². The summed E-state index contributed by atoms with van der Waals surface area (Å²) in [7, 11) is 0. The normalized spacial score (nSPS) is 10.5. The molecule has 0 atom stereocenters. The SMILES string of the molecule is Cc1cccc(C(=O)c2cnc(CCc3ccccn3)nc2)c1. The summed E-state index contributed by atoms with van der Waals surface area (Å²) < 4.78 is 0. The van der Waals surface area contributed by atoms with E-state index in [0.29, 0.717) is 17.5 Å². The van der Waals surface area contributed by atoms with E-state index in [0.717, 1.165) is 23.5 Å². The second kappa shape index (κ2) is 6.92. The Balaban J connectivity index is 1.68. The highest BCUT2D eigenvalue weighted by atomic mass is 16.1. The first-order valence-corrected chi connectivity index (χ1v) is 7.54. The third-order valence-corrected chi connectivity index (χ3v) is 3.58. The molecule has 0 spiro atoms.